The van der Waals surface area contributed by atoms with Crippen LogP contribution in [0.2, 0.25) is 0 Å². The number of sulfone groups is 1. The van der Waals surface area contributed by atoms with Crippen LogP contribution in [0.25, 0.3) is 27.8 Å². The summed E-state index contributed by atoms with van der Waals surface area (Å²) in [7, 11) is -3.21. The van der Waals surface area contributed by atoms with Crippen LogP contribution >= 0.6 is 0 Å². The van der Waals surface area contributed by atoms with Crippen LogP contribution in [-0.4, -0.2) is 19.2 Å². The van der Waals surface area contributed by atoms with E-state index in [1.165, 1.54) is 17.2 Å². The van der Waals surface area contributed by atoms with E-state index in [-0.39, 0.29) is 0 Å². The van der Waals surface area contributed by atoms with E-state index in [0.29, 0.717) is 4.90 Å². The molecular formula is C22H19NO2S. The second-order valence-corrected chi connectivity index (χ2v) is 8.47. The van der Waals surface area contributed by atoms with E-state index in [4.69, 9.17) is 0 Å². The summed E-state index contributed by atoms with van der Waals surface area (Å²) < 4.78 is 25.8. The molecule has 0 unspecified atom stereocenters. The van der Waals surface area contributed by atoms with E-state index in [2.05, 4.69) is 35.8 Å². The molecule has 0 bridgehead atoms. The van der Waals surface area contributed by atoms with E-state index in [1.54, 1.807) is 12.1 Å². The first kappa shape index (κ1) is 16.6. The van der Waals surface area contributed by atoms with Gasteiger partial charge in [0.15, 0.2) is 9.84 Å². The third-order valence-electron chi connectivity index (χ3n) is 4.70. The van der Waals surface area contributed by atoms with E-state index >= 15 is 0 Å². The second-order valence-electron chi connectivity index (χ2n) is 6.46. The van der Waals surface area contributed by atoms with Gasteiger partial charge in [0.05, 0.1) is 16.1 Å². The van der Waals surface area contributed by atoms with E-state index < -0.39 is 9.84 Å². The molecule has 1 aromatic heterocycles. The predicted octanol–water partition coefficient (Wildman–Crippen LogP) is 5.01. The van der Waals surface area contributed by atoms with Crippen molar-refractivity contribution in [3.63, 3.8) is 0 Å². The van der Waals surface area contributed by atoms with Gasteiger partial charge in [-0.05, 0) is 48.4 Å². The minimum atomic E-state index is -3.21. The van der Waals surface area contributed by atoms with Crippen molar-refractivity contribution in [3.8, 4) is 16.9 Å². The molecular weight excluding hydrogens is 342 g/mol. The van der Waals surface area contributed by atoms with Gasteiger partial charge in [0, 0.05) is 17.3 Å². The van der Waals surface area contributed by atoms with Crippen molar-refractivity contribution in [2.75, 3.05) is 6.26 Å². The molecule has 0 aliphatic carbocycles. The predicted molar refractivity (Wildman–Crippen MR) is 107 cm³/mol. The molecule has 0 fully saturated rings. The monoisotopic (exact) mass is 361 g/mol. The zero-order valence-corrected chi connectivity index (χ0v) is 15.5. The Morgan fingerprint density at radius 3 is 2.04 bits per heavy atom. The van der Waals surface area contributed by atoms with E-state index in [0.717, 1.165) is 22.5 Å². The number of para-hydroxylation sites is 2. The van der Waals surface area contributed by atoms with E-state index in [1.807, 2.05) is 42.5 Å². The number of aromatic nitrogens is 1. The fraction of sp³-hybridized carbons (Fsp3) is 0.0909. The number of hydrogen-bond donors (Lipinski definition) is 0. The Labute approximate surface area is 153 Å². The van der Waals surface area contributed by atoms with Gasteiger partial charge in [-0.2, -0.15) is 0 Å². The van der Waals surface area contributed by atoms with Gasteiger partial charge in [0.2, 0.25) is 0 Å². The molecule has 3 aromatic carbocycles. The molecule has 0 saturated heterocycles. The molecule has 4 heteroatoms. The van der Waals surface area contributed by atoms with Crippen LogP contribution in [-0.2, 0) is 9.84 Å². The van der Waals surface area contributed by atoms with Crippen molar-refractivity contribution < 1.29 is 8.42 Å². The highest BCUT2D eigenvalue weighted by Gasteiger charge is 2.17. The normalized spacial score (nSPS) is 11.8. The van der Waals surface area contributed by atoms with Gasteiger partial charge in [0.25, 0.3) is 0 Å². The first-order valence-corrected chi connectivity index (χ1v) is 10.3. The fourth-order valence-corrected chi connectivity index (χ4v) is 4.08. The Hall–Kier alpha value is -2.85. The highest BCUT2D eigenvalue weighted by atomic mass is 32.2. The van der Waals surface area contributed by atoms with Crippen molar-refractivity contribution in [1.29, 1.82) is 0 Å². The van der Waals surface area contributed by atoms with Crippen LogP contribution < -0.4 is 0 Å². The standard InChI is InChI=1S/C22H19NO2S/c1-16-20-10-6-7-11-21(20)23(18-8-4-3-5-9-18)22(16)17-12-14-19(15-13-17)26(2,24)25/h3-15H,1-2H3. The summed E-state index contributed by atoms with van der Waals surface area (Å²) in [6.07, 6.45) is 1.23. The van der Waals surface area contributed by atoms with Crippen LogP contribution in [0.15, 0.2) is 83.8 Å². The summed E-state index contributed by atoms with van der Waals surface area (Å²) in [6, 6.07) is 25.7. The number of fused-ring (bicyclic) bond motifs is 1. The lowest BCUT2D eigenvalue weighted by Gasteiger charge is -2.12. The molecule has 4 aromatic rings. The fourth-order valence-electron chi connectivity index (χ4n) is 3.45. The summed E-state index contributed by atoms with van der Waals surface area (Å²) >= 11 is 0. The molecule has 0 amide bonds. The lowest BCUT2D eigenvalue weighted by molar-refractivity contribution is 0.602. The highest BCUT2D eigenvalue weighted by Crippen LogP contribution is 2.36. The lowest BCUT2D eigenvalue weighted by Crippen LogP contribution is -1.99. The zero-order valence-electron chi connectivity index (χ0n) is 14.7. The third-order valence-corrected chi connectivity index (χ3v) is 5.83. The zero-order chi connectivity index (χ0) is 18.3. The minimum Gasteiger partial charge on any atom is -0.309 e. The molecule has 4 rings (SSSR count). The molecule has 0 radical (unpaired) electrons. The first-order chi connectivity index (χ1) is 12.5. The van der Waals surface area contributed by atoms with Crippen LogP contribution in [0.1, 0.15) is 5.56 Å². The molecule has 26 heavy (non-hydrogen) atoms. The van der Waals surface area contributed by atoms with Crippen LogP contribution in [0.5, 0.6) is 0 Å². The highest BCUT2D eigenvalue weighted by molar-refractivity contribution is 7.90. The average molecular weight is 361 g/mol. The molecule has 0 N–H and O–H groups in total. The molecule has 0 aliphatic rings. The summed E-state index contributed by atoms with van der Waals surface area (Å²) in [5.74, 6) is 0. The molecule has 0 aliphatic heterocycles. The Balaban J connectivity index is 2.02. The maximum absolute atomic E-state index is 11.8. The Morgan fingerprint density at radius 1 is 0.769 bits per heavy atom. The second kappa shape index (κ2) is 6.15. The van der Waals surface area contributed by atoms with E-state index in [9.17, 15) is 8.42 Å². The van der Waals surface area contributed by atoms with Crippen molar-refractivity contribution in [2.24, 2.45) is 0 Å². The average Bonchev–Trinajstić information content (AvgIpc) is 2.95. The lowest BCUT2D eigenvalue weighted by atomic mass is 10.1. The third kappa shape index (κ3) is 2.72. The molecule has 1 heterocycles. The molecule has 130 valence electrons. The van der Waals surface area contributed by atoms with Crippen molar-refractivity contribution in [1.82, 2.24) is 4.57 Å². The van der Waals surface area contributed by atoms with Gasteiger partial charge in [-0.3, -0.25) is 0 Å². The number of nitrogens with zero attached hydrogens (tertiary/aromatic N) is 1. The number of benzene rings is 3. The van der Waals surface area contributed by atoms with Gasteiger partial charge < -0.3 is 4.57 Å². The summed E-state index contributed by atoms with van der Waals surface area (Å²) in [5.41, 5.74) is 5.47. The summed E-state index contributed by atoms with van der Waals surface area (Å²) in [5, 5.41) is 1.19. The van der Waals surface area contributed by atoms with Crippen LogP contribution in [0.3, 0.4) is 0 Å². The molecule has 0 saturated carbocycles. The molecule has 3 nitrogen and oxygen atoms in total. The van der Waals surface area contributed by atoms with Gasteiger partial charge >= 0.3 is 0 Å². The van der Waals surface area contributed by atoms with Gasteiger partial charge in [0.1, 0.15) is 0 Å². The van der Waals surface area contributed by atoms with Crippen LogP contribution in [0.4, 0.5) is 0 Å². The van der Waals surface area contributed by atoms with Crippen molar-refractivity contribution in [3.05, 3.63) is 84.4 Å². The van der Waals surface area contributed by atoms with Crippen LogP contribution in [0, 0.1) is 6.92 Å². The smallest absolute Gasteiger partial charge is 0.175 e. The maximum Gasteiger partial charge on any atom is 0.175 e. The van der Waals surface area contributed by atoms with Gasteiger partial charge in [-0.15, -0.1) is 0 Å². The summed E-state index contributed by atoms with van der Waals surface area (Å²) in [6.45, 7) is 2.11. The topological polar surface area (TPSA) is 39.1 Å². The summed E-state index contributed by atoms with van der Waals surface area (Å²) in [4.78, 5) is 0.335. The SMILES string of the molecule is Cc1c(-c2ccc(S(C)(=O)=O)cc2)n(-c2ccccc2)c2ccccc12. The Bertz CT molecular complexity index is 1190. The largest absolute Gasteiger partial charge is 0.309 e. The Morgan fingerprint density at radius 2 is 1.38 bits per heavy atom. The van der Waals surface area contributed by atoms with Gasteiger partial charge in [-0.25, -0.2) is 8.42 Å². The first-order valence-electron chi connectivity index (χ1n) is 8.43. The minimum absolute atomic E-state index is 0.335. The van der Waals surface area contributed by atoms with Gasteiger partial charge in [-0.1, -0.05) is 48.5 Å². The molecule has 0 atom stereocenters. The number of hydrogen-bond acceptors (Lipinski definition) is 2. The number of aryl methyl sites for hydroxylation is 1. The number of rotatable bonds is 3. The quantitative estimate of drug-likeness (QED) is 0.514. The van der Waals surface area contributed by atoms with Crippen molar-refractivity contribution >= 4 is 20.7 Å². The van der Waals surface area contributed by atoms with Crippen molar-refractivity contribution in [2.45, 2.75) is 11.8 Å². The molecule has 0 spiro atoms. The Kier molecular flexibility index (Phi) is 3.93. The maximum atomic E-state index is 11.8.